The monoisotopic (exact) mass is 165 g/mol. The Morgan fingerprint density at radius 2 is 2.22 bits per heavy atom. The van der Waals surface area contributed by atoms with Gasteiger partial charge in [0.2, 0.25) is 4.38 Å². The second-order valence-electron chi connectivity index (χ2n) is 1.92. The molecular weight excluding hydrogens is 154 g/mol. The highest BCUT2D eigenvalue weighted by molar-refractivity contribution is 8.10. The summed E-state index contributed by atoms with van der Waals surface area (Å²) in [6, 6.07) is 0. The molecule has 0 saturated heterocycles. The number of hydrogen-bond acceptors (Lipinski definition) is 3. The van der Waals surface area contributed by atoms with Gasteiger partial charge in [-0.05, 0) is 26.3 Å². The SMILES string of the molecule is CN(C)CCOC(=S)S. The zero-order valence-electron chi connectivity index (χ0n) is 5.63. The van der Waals surface area contributed by atoms with E-state index in [1.165, 1.54) is 0 Å². The number of thiol groups is 1. The van der Waals surface area contributed by atoms with Gasteiger partial charge in [-0.2, -0.15) is 0 Å². The first-order valence-corrected chi connectivity index (χ1v) is 3.49. The Labute approximate surface area is 66.6 Å². The van der Waals surface area contributed by atoms with Gasteiger partial charge < -0.3 is 9.64 Å². The molecule has 0 saturated carbocycles. The van der Waals surface area contributed by atoms with Crippen LogP contribution in [-0.2, 0) is 4.74 Å². The standard InChI is InChI=1S/C5H11NOS2/c1-6(2)3-4-7-5(8)9/h3-4H2,1-2H3,(H,8,9). The van der Waals surface area contributed by atoms with Crippen molar-refractivity contribution in [3.63, 3.8) is 0 Å². The van der Waals surface area contributed by atoms with Crippen LogP contribution in [0.1, 0.15) is 0 Å². The molecule has 0 aliphatic carbocycles. The van der Waals surface area contributed by atoms with Gasteiger partial charge in [-0.1, -0.05) is 12.6 Å². The molecule has 2 nitrogen and oxygen atoms in total. The summed E-state index contributed by atoms with van der Waals surface area (Å²) in [5.41, 5.74) is 0. The smallest absolute Gasteiger partial charge is 0.216 e. The van der Waals surface area contributed by atoms with Gasteiger partial charge in [0.05, 0.1) is 0 Å². The van der Waals surface area contributed by atoms with Crippen molar-refractivity contribution in [2.24, 2.45) is 0 Å². The van der Waals surface area contributed by atoms with Crippen molar-refractivity contribution in [3.05, 3.63) is 0 Å². The average Bonchev–Trinajstić information content (AvgIpc) is 1.63. The Bertz CT molecular complexity index is 95.0. The van der Waals surface area contributed by atoms with Gasteiger partial charge in [0.15, 0.2) is 0 Å². The molecule has 0 bridgehead atoms. The zero-order valence-corrected chi connectivity index (χ0v) is 7.34. The molecule has 0 aromatic rings. The lowest BCUT2D eigenvalue weighted by molar-refractivity contribution is 0.262. The molecule has 0 heterocycles. The Kier molecular flexibility index (Phi) is 5.13. The maximum Gasteiger partial charge on any atom is 0.216 e. The second kappa shape index (κ2) is 5.02. The fraction of sp³-hybridized carbons (Fsp3) is 0.800. The van der Waals surface area contributed by atoms with E-state index in [0.717, 1.165) is 6.54 Å². The minimum absolute atomic E-state index is 0.317. The minimum Gasteiger partial charge on any atom is -0.477 e. The van der Waals surface area contributed by atoms with Gasteiger partial charge >= 0.3 is 0 Å². The highest BCUT2D eigenvalue weighted by Gasteiger charge is 1.90. The summed E-state index contributed by atoms with van der Waals surface area (Å²) < 4.78 is 5.22. The van der Waals surface area contributed by atoms with Crippen LogP contribution in [0.5, 0.6) is 0 Å². The first-order valence-electron chi connectivity index (χ1n) is 2.63. The predicted octanol–water partition coefficient (Wildman–Crippen LogP) is 0.779. The van der Waals surface area contributed by atoms with Gasteiger partial charge in [-0.25, -0.2) is 0 Å². The van der Waals surface area contributed by atoms with E-state index < -0.39 is 0 Å². The summed E-state index contributed by atoms with van der Waals surface area (Å²) in [5.74, 6) is 0. The molecule has 0 unspecified atom stereocenters. The average molecular weight is 165 g/mol. The molecule has 0 aliphatic heterocycles. The van der Waals surface area contributed by atoms with Crippen LogP contribution in [0.25, 0.3) is 0 Å². The largest absolute Gasteiger partial charge is 0.477 e. The van der Waals surface area contributed by atoms with Crippen molar-refractivity contribution in [3.8, 4) is 0 Å². The van der Waals surface area contributed by atoms with E-state index in [2.05, 4.69) is 24.8 Å². The lowest BCUT2D eigenvalue weighted by Gasteiger charge is -2.08. The van der Waals surface area contributed by atoms with E-state index in [1.807, 2.05) is 19.0 Å². The second-order valence-corrected chi connectivity index (χ2v) is 3.00. The Morgan fingerprint density at radius 3 is 2.56 bits per heavy atom. The maximum absolute atomic E-state index is 4.91. The normalized spacial score (nSPS) is 9.78. The molecule has 0 aromatic heterocycles. The lowest BCUT2D eigenvalue weighted by atomic mass is 10.6. The van der Waals surface area contributed by atoms with Crippen molar-refractivity contribution < 1.29 is 4.74 Å². The van der Waals surface area contributed by atoms with E-state index in [0.29, 0.717) is 11.0 Å². The van der Waals surface area contributed by atoms with Crippen LogP contribution in [0, 0.1) is 0 Å². The molecule has 4 heteroatoms. The third-order valence-corrected chi connectivity index (χ3v) is 1.01. The van der Waals surface area contributed by atoms with Gasteiger partial charge in [-0.15, -0.1) is 0 Å². The fourth-order valence-corrected chi connectivity index (χ4v) is 0.490. The summed E-state index contributed by atoms with van der Waals surface area (Å²) >= 11 is 8.36. The molecule has 0 N–H and O–H groups in total. The molecule has 0 fully saturated rings. The van der Waals surface area contributed by atoms with Crippen molar-refractivity contribution in [2.75, 3.05) is 27.2 Å². The van der Waals surface area contributed by atoms with Crippen LogP contribution >= 0.6 is 24.8 Å². The van der Waals surface area contributed by atoms with Crippen molar-refractivity contribution in [1.29, 1.82) is 0 Å². The van der Waals surface area contributed by atoms with Crippen LogP contribution in [0.3, 0.4) is 0 Å². The molecular formula is C5H11NOS2. The number of nitrogens with zero attached hydrogens (tertiary/aromatic N) is 1. The summed E-state index contributed by atoms with van der Waals surface area (Å²) in [6.07, 6.45) is 0. The van der Waals surface area contributed by atoms with E-state index >= 15 is 0 Å². The van der Waals surface area contributed by atoms with Crippen LogP contribution in [0.2, 0.25) is 0 Å². The highest BCUT2D eigenvalue weighted by Crippen LogP contribution is 1.86. The molecule has 0 amide bonds. The van der Waals surface area contributed by atoms with Gasteiger partial charge in [-0.3, -0.25) is 0 Å². The topological polar surface area (TPSA) is 12.5 Å². The van der Waals surface area contributed by atoms with Crippen molar-refractivity contribution in [1.82, 2.24) is 4.90 Å². The van der Waals surface area contributed by atoms with Crippen LogP contribution in [0.4, 0.5) is 0 Å². The van der Waals surface area contributed by atoms with Crippen LogP contribution < -0.4 is 0 Å². The first kappa shape index (κ1) is 9.20. The van der Waals surface area contributed by atoms with Crippen molar-refractivity contribution in [2.45, 2.75) is 0 Å². The molecule has 0 atom stereocenters. The van der Waals surface area contributed by atoms with Crippen LogP contribution in [-0.4, -0.2) is 36.5 Å². The summed E-state index contributed by atoms with van der Waals surface area (Å²) in [7, 11) is 3.95. The van der Waals surface area contributed by atoms with E-state index in [4.69, 9.17) is 4.74 Å². The van der Waals surface area contributed by atoms with E-state index in [1.54, 1.807) is 0 Å². The summed E-state index contributed by atoms with van der Waals surface area (Å²) in [5, 5.41) is 0. The fourth-order valence-electron chi connectivity index (χ4n) is 0.316. The quantitative estimate of drug-likeness (QED) is 0.490. The Morgan fingerprint density at radius 1 is 1.67 bits per heavy atom. The van der Waals surface area contributed by atoms with E-state index in [-0.39, 0.29) is 0 Å². The lowest BCUT2D eigenvalue weighted by Crippen LogP contribution is -2.18. The molecule has 0 radical (unpaired) electrons. The minimum atomic E-state index is 0.317. The number of likely N-dealkylation sites (N-methyl/N-ethyl adjacent to an activating group) is 1. The number of rotatable bonds is 3. The Balaban J connectivity index is 3.01. The Hall–Kier alpha value is 0.200. The zero-order chi connectivity index (χ0) is 7.28. The third-order valence-electron chi connectivity index (χ3n) is 0.764. The molecule has 0 aliphatic rings. The van der Waals surface area contributed by atoms with Gasteiger partial charge in [0.1, 0.15) is 6.61 Å². The molecule has 0 aromatic carbocycles. The number of hydrogen-bond donors (Lipinski definition) is 1. The highest BCUT2D eigenvalue weighted by atomic mass is 32.1. The maximum atomic E-state index is 4.91. The van der Waals surface area contributed by atoms with E-state index in [9.17, 15) is 0 Å². The summed E-state index contributed by atoms with van der Waals surface area (Å²) in [6.45, 7) is 1.50. The summed E-state index contributed by atoms with van der Waals surface area (Å²) in [4.78, 5) is 2.02. The molecule has 9 heavy (non-hydrogen) atoms. The number of ether oxygens (including phenoxy) is 1. The predicted molar refractivity (Wildman–Crippen MR) is 46.1 cm³/mol. The van der Waals surface area contributed by atoms with Gasteiger partial charge in [0, 0.05) is 6.54 Å². The van der Waals surface area contributed by atoms with Crippen LogP contribution in [0.15, 0.2) is 0 Å². The molecule has 54 valence electrons. The van der Waals surface area contributed by atoms with Gasteiger partial charge in [0.25, 0.3) is 0 Å². The number of thiocarbonyl (C=S) groups is 1. The first-order chi connectivity index (χ1) is 4.13. The molecule has 0 rings (SSSR count). The third kappa shape index (κ3) is 8.20. The van der Waals surface area contributed by atoms with Crippen molar-refractivity contribution >= 4 is 29.2 Å². The molecule has 0 spiro atoms.